The van der Waals surface area contributed by atoms with Gasteiger partial charge in [-0.2, -0.15) is 0 Å². The second-order valence-corrected chi connectivity index (χ2v) is 13.8. The van der Waals surface area contributed by atoms with Crippen LogP contribution in [0, 0.1) is 0 Å². The summed E-state index contributed by atoms with van der Waals surface area (Å²) < 4.78 is 4.83. The third-order valence-corrected chi connectivity index (χ3v) is 10.7. The fourth-order valence-electron chi connectivity index (χ4n) is 8.28. The second-order valence-electron chi connectivity index (χ2n) is 13.8. The van der Waals surface area contributed by atoms with Gasteiger partial charge in [0.25, 0.3) is 0 Å². The van der Waals surface area contributed by atoms with Crippen LogP contribution in [0.4, 0.5) is 0 Å². The lowest BCUT2D eigenvalue weighted by Gasteiger charge is -2.13. The SMILES string of the molecule is c1ccc(-c2ccc(-c3nc(-c4ccccc4)c4ccc(-n5c6ccccc6c6ccc7c(c8ccccc8n7-c7ccccc7)c65)cc4n3)cc2)cc1. The molecule has 0 unspecified atom stereocenters. The Bertz CT molecular complexity index is 3180. The predicted octanol–water partition coefficient (Wildman–Crippen LogP) is 12.8. The zero-order valence-electron chi connectivity index (χ0n) is 29.3. The Morgan fingerprint density at radius 3 is 1.65 bits per heavy atom. The maximum absolute atomic E-state index is 5.29. The average molecular weight is 689 g/mol. The summed E-state index contributed by atoms with van der Waals surface area (Å²) in [5, 5.41) is 5.91. The Kier molecular flexibility index (Phi) is 6.82. The van der Waals surface area contributed by atoms with Gasteiger partial charge in [-0.25, -0.2) is 9.97 Å². The van der Waals surface area contributed by atoms with Crippen molar-refractivity contribution in [3.8, 4) is 45.1 Å². The summed E-state index contributed by atoms with van der Waals surface area (Å²) >= 11 is 0. The second kappa shape index (κ2) is 12.1. The Hall–Kier alpha value is -7.30. The van der Waals surface area contributed by atoms with Gasteiger partial charge in [0.1, 0.15) is 0 Å². The Morgan fingerprint density at radius 2 is 0.907 bits per heavy atom. The molecular formula is C50H32N4. The molecule has 0 amide bonds. The molecule has 0 saturated carbocycles. The van der Waals surface area contributed by atoms with E-state index in [1.165, 1.54) is 43.7 Å². The van der Waals surface area contributed by atoms with Crippen molar-refractivity contribution in [2.75, 3.05) is 0 Å². The van der Waals surface area contributed by atoms with Crippen LogP contribution in [0.5, 0.6) is 0 Å². The molecule has 11 aromatic rings. The Balaban J connectivity index is 1.18. The Morgan fingerprint density at radius 1 is 0.333 bits per heavy atom. The van der Waals surface area contributed by atoms with Crippen LogP contribution >= 0.6 is 0 Å². The first-order valence-corrected chi connectivity index (χ1v) is 18.3. The molecule has 0 N–H and O–H groups in total. The van der Waals surface area contributed by atoms with Gasteiger partial charge in [-0.3, -0.25) is 0 Å². The van der Waals surface area contributed by atoms with Gasteiger partial charge < -0.3 is 9.13 Å². The van der Waals surface area contributed by atoms with Crippen LogP contribution in [0.1, 0.15) is 0 Å². The molecule has 0 spiro atoms. The molecule has 252 valence electrons. The summed E-state index contributed by atoms with van der Waals surface area (Å²) in [5.41, 5.74) is 13.1. The van der Waals surface area contributed by atoms with Crippen molar-refractivity contribution in [3.63, 3.8) is 0 Å². The molecule has 4 heteroatoms. The molecular weight excluding hydrogens is 657 g/mol. The molecule has 3 heterocycles. The lowest BCUT2D eigenvalue weighted by Crippen LogP contribution is -1.99. The number of nitrogens with zero attached hydrogens (tertiary/aromatic N) is 4. The van der Waals surface area contributed by atoms with Gasteiger partial charge in [0.15, 0.2) is 5.82 Å². The van der Waals surface area contributed by atoms with Crippen LogP contribution < -0.4 is 0 Å². The topological polar surface area (TPSA) is 35.6 Å². The van der Waals surface area contributed by atoms with Gasteiger partial charge in [0.05, 0.1) is 33.3 Å². The maximum atomic E-state index is 5.29. The molecule has 0 bridgehead atoms. The van der Waals surface area contributed by atoms with E-state index in [1.807, 2.05) is 12.1 Å². The monoisotopic (exact) mass is 688 g/mol. The van der Waals surface area contributed by atoms with Crippen LogP contribution in [0.2, 0.25) is 0 Å². The van der Waals surface area contributed by atoms with Gasteiger partial charge in [0, 0.05) is 49.4 Å². The molecule has 0 atom stereocenters. The number of aromatic nitrogens is 4. The van der Waals surface area contributed by atoms with E-state index in [1.54, 1.807) is 0 Å². The van der Waals surface area contributed by atoms with E-state index >= 15 is 0 Å². The van der Waals surface area contributed by atoms with E-state index in [0.29, 0.717) is 5.82 Å². The number of hydrogen-bond donors (Lipinski definition) is 0. The average Bonchev–Trinajstić information content (AvgIpc) is 3.77. The first kappa shape index (κ1) is 30.3. The van der Waals surface area contributed by atoms with E-state index in [2.05, 4.69) is 191 Å². The zero-order chi connectivity index (χ0) is 35.6. The maximum Gasteiger partial charge on any atom is 0.160 e. The quantitative estimate of drug-likeness (QED) is 0.180. The highest BCUT2D eigenvalue weighted by molar-refractivity contribution is 6.26. The van der Waals surface area contributed by atoms with Crippen LogP contribution in [0.3, 0.4) is 0 Å². The smallest absolute Gasteiger partial charge is 0.160 e. The van der Waals surface area contributed by atoms with Crippen molar-refractivity contribution in [1.29, 1.82) is 0 Å². The number of benzene rings is 8. The summed E-state index contributed by atoms with van der Waals surface area (Å²) in [7, 11) is 0. The molecule has 0 saturated heterocycles. The van der Waals surface area contributed by atoms with Crippen LogP contribution in [0.25, 0.3) is 99.7 Å². The first-order chi connectivity index (χ1) is 26.8. The number of fused-ring (bicyclic) bond motifs is 8. The van der Waals surface area contributed by atoms with Crippen LogP contribution in [-0.2, 0) is 0 Å². The minimum Gasteiger partial charge on any atom is -0.309 e. The lowest BCUT2D eigenvalue weighted by molar-refractivity contribution is 1.17. The molecule has 8 aromatic carbocycles. The van der Waals surface area contributed by atoms with E-state index in [9.17, 15) is 0 Å². The molecule has 4 nitrogen and oxygen atoms in total. The van der Waals surface area contributed by atoms with E-state index in [-0.39, 0.29) is 0 Å². The highest BCUT2D eigenvalue weighted by atomic mass is 15.0. The number of para-hydroxylation sites is 3. The molecule has 11 rings (SSSR count). The summed E-state index contributed by atoms with van der Waals surface area (Å²) in [6.45, 7) is 0. The first-order valence-electron chi connectivity index (χ1n) is 18.3. The summed E-state index contributed by atoms with van der Waals surface area (Å²) in [6, 6.07) is 68.9. The molecule has 0 aliphatic rings. The predicted molar refractivity (Wildman–Crippen MR) is 225 cm³/mol. The molecule has 3 aromatic heterocycles. The third kappa shape index (κ3) is 4.70. The van der Waals surface area contributed by atoms with Gasteiger partial charge in [-0.05, 0) is 59.7 Å². The molecule has 0 fully saturated rings. The van der Waals surface area contributed by atoms with Gasteiger partial charge in [0.2, 0.25) is 0 Å². The normalized spacial score (nSPS) is 11.7. The van der Waals surface area contributed by atoms with E-state index in [4.69, 9.17) is 9.97 Å². The molecule has 0 aliphatic heterocycles. The van der Waals surface area contributed by atoms with Crippen molar-refractivity contribution in [3.05, 3.63) is 194 Å². The molecule has 0 radical (unpaired) electrons. The van der Waals surface area contributed by atoms with Crippen molar-refractivity contribution < 1.29 is 0 Å². The summed E-state index contributed by atoms with van der Waals surface area (Å²) in [6.07, 6.45) is 0. The largest absolute Gasteiger partial charge is 0.309 e. The van der Waals surface area contributed by atoms with E-state index in [0.717, 1.165) is 50.2 Å². The highest BCUT2D eigenvalue weighted by Crippen LogP contribution is 2.42. The van der Waals surface area contributed by atoms with Gasteiger partial charge in [-0.1, -0.05) is 146 Å². The lowest BCUT2D eigenvalue weighted by atomic mass is 10.0. The summed E-state index contributed by atoms with van der Waals surface area (Å²) in [4.78, 5) is 10.5. The van der Waals surface area contributed by atoms with Crippen molar-refractivity contribution in [1.82, 2.24) is 19.1 Å². The van der Waals surface area contributed by atoms with Gasteiger partial charge >= 0.3 is 0 Å². The third-order valence-electron chi connectivity index (χ3n) is 10.7. The van der Waals surface area contributed by atoms with Crippen LogP contribution in [-0.4, -0.2) is 19.1 Å². The highest BCUT2D eigenvalue weighted by Gasteiger charge is 2.21. The summed E-state index contributed by atoms with van der Waals surface area (Å²) in [5.74, 6) is 0.702. The van der Waals surface area contributed by atoms with Gasteiger partial charge in [-0.15, -0.1) is 0 Å². The van der Waals surface area contributed by atoms with Crippen molar-refractivity contribution in [2.45, 2.75) is 0 Å². The molecule has 0 aliphatic carbocycles. The Labute approximate surface area is 311 Å². The van der Waals surface area contributed by atoms with Crippen molar-refractivity contribution >= 4 is 54.5 Å². The minimum atomic E-state index is 0.702. The van der Waals surface area contributed by atoms with Crippen LogP contribution in [0.15, 0.2) is 194 Å². The molecule has 54 heavy (non-hydrogen) atoms. The number of rotatable bonds is 5. The van der Waals surface area contributed by atoms with Crippen molar-refractivity contribution in [2.24, 2.45) is 0 Å². The minimum absolute atomic E-state index is 0.702. The standard InChI is InChI=1S/C50H32N4/c1-4-14-33(15-5-1)34-24-26-36(27-25-34)50-51-43-32-38(28-29-41(43)48(52-50)35-16-6-2-7-17-35)54-44-22-12-10-20-39(44)40-30-31-46-47(49(40)54)42-21-11-13-23-45(42)53(46)37-18-8-3-9-19-37/h1-32H. The fraction of sp³-hybridized carbons (Fsp3) is 0. The zero-order valence-corrected chi connectivity index (χ0v) is 29.3. The number of hydrogen-bond acceptors (Lipinski definition) is 2. The van der Waals surface area contributed by atoms with E-state index < -0.39 is 0 Å². The fourth-order valence-corrected chi connectivity index (χ4v) is 8.28.